The summed E-state index contributed by atoms with van der Waals surface area (Å²) in [5, 5.41) is 9.45. The van der Waals surface area contributed by atoms with Crippen LogP contribution in [-0.4, -0.2) is 21.4 Å². The van der Waals surface area contributed by atoms with E-state index in [0.29, 0.717) is 11.0 Å². The van der Waals surface area contributed by atoms with Crippen molar-refractivity contribution >= 4 is 40.6 Å². The Morgan fingerprint density at radius 2 is 1.50 bits per heavy atom. The van der Waals surface area contributed by atoms with Crippen molar-refractivity contribution in [1.29, 1.82) is 0 Å². The number of anilines is 1. The predicted octanol–water partition coefficient (Wildman–Crippen LogP) is 3.09. The fraction of sp³-hybridized carbons (Fsp3) is 0.0526. The van der Waals surface area contributed by atoms with Gasteiger partial charge in [-0.25, -0.2) is 8.42 Å². The van der Waals surface area contributed by atoms with Crippen molar-refractivity contribution in [3.05, 3.63) is 77.3 Å². The number of sulfonamides is 1. The van der Waals surface area contributed by atoms with Gasteiger partial charge in [-0.1, -0.05) is 59.5 Å². The van der Waals surface area contributed by atoms with Crippen LogP contribution in [0.3, 0.4) is 0 Å². The zero-order valence-electron chi connectivity index (χ0n) is 13.7. The third-order valence-corrected chi connectivity index (χ3v) is 5.58. The molecule has 4 nitrogen and oxygen atoms in total. The van der Waals surface area contributed by atoms with E-state index in [9.17, 15) is 13.5 Å². The minimum Gasteiger partial charge on any atom is -0.392 e. The van der Waals surface area contributed by atoms with Gasteiger partial charge in [0.15, 0.2) is 0 Å². The summed E-state index contributed by atoms with van der Waals surface area (Å²) in [7, 11) is 1.88. The summed E-state index contributed by atoms with van der Waals surface area (Å²) in [4.78, 5) is 0.113. The molecule has 3 aromatic rings. The van der Waals surface area contributed by atoms with E-state index >= 15 is 0 Å². The van der Waals surface area contributed by atoms with Gasteiger partial charge in [-0.15, -0.1) is 0 Å². The lowest BCUT2D eigenvalue weighted by atomic mass is 9.94. The third kappa shape index (κ3) is 4.10. The molecule has 0 amide bonds. The van der Waals surface area contributed by atoms with E-state index in [4.69, 9.17) is 19.4 Å². The maximum absolute atomic E-state index is 12.6. The lowest BCUT2D eigenvalue weighted by Gasteiger charge is -2.11. The quantitative estimate of drug-likeness (QED) is 0.665. The van der Waals surface area contributed by atoms with Gasteiger partial charge in [-0.2, -0.15) is 0 Å². The number of benzene rings is 3. The van der Waals surface area contributed by atoms with E-state index in [2.05, 4.69) is 4.72 Å². The van der Waals surface area contributed by atoms with Gasteiger partial charge in [0.25, 0.3) is 10.0 Å². The molecule has 0 bridgehead atoms. The fourth-order valence-corrected chi connectivity index (χ4v) is 3.75. The zero-order valence-corrected chi connectivity index (χ0v) is 15.3. The Bertz CT molecular complexity index is 1020. The van der Waals surface area contributed by atoms with E-state index in [1.165, 1.54) is 24.3 Å². The Morgan fingerprint density at radius 1 is 0.923 bits per heavy atom. The van der Waals surface area contributed by atoms with Gasteiger partial charge in [0.1, 0.15) is 7.85 Å². The molecule has 0 atom stereocenters. The van der Waals surface area contributed by atoms with Crippen molar-refractivity contribution in [2.75, 3.05) is 4.72 Å². The van der Waals surface area contributed by atoms with E-state index in [1.807, 2.05) is 12.1 Å². The minimum atomic E-state index is -3.80. The van der Waals surface area contributed by atoms with Crippen LogP contribution in [-0.2, 0) is 16.6 Å². The summed E-state index contributed by atoms with van der Waals surface area (Å²) >= 11 is 6.05. The van der Waals surface area contributed by atoms with Crippen LogP contribution in [0.2, 0.25) is 5.02 Å². The van der Waals surface area contributed by atoms with E-state index in [0.717, 1.165) is 11.1 Å². The summed E-state index contributed by atoms with van der Waals surface area (Å²) in [5.74, 6) is 0. The molecule has 0 aromatic heterocycles. The summed E-state index contributed by atoms with van der Waals surface area (Å²) in [6.45, 7) is -0.206. The highest BCUT2D eigenvalue weighted by Crippen LogP contribution is 2.27. The van der Waals surface area contributed by atoms with E-state index in [-0.39, 0.29) is 22.2 Å². The first kappa shape index (κ1) is 18.5. The smallest absolute Gasteiger partial charge is 0.261 e. The molecule has 3 rings (SSSR count). The molecule has 0 saturated carbocycles. The number of halogens is 1. The molecule has 0 saturated heterocycles. The molecule has 0 unspecified atom stereocenters. The van der Waals surface area contributed by atoms with Gasteiger partial charge in [-0.05, 0) is 41.0 Å². The number of rotatable bonds is 5. The summed E-state index contributed by atoms with van der Waals surface area (Å²) in [6, 6.07) is 18.5. The van der Waals surface area contributed by atoms with Crippen LogP contribution in [0.5, 0.6) is 0 Å². The van der Waals surface area contributed by atoms with Crippen LogP contribution in [0.4, 0.5) is 5.69 Å². The number of hydrogen-bond acceptors (Lipinski definition) is 3. The lowest BCUT2D eigenvalue weighted by molar-refractivity contribution is 0.282. The standard InChI is InChI=1S/C19H15BClNO3S/c20-16-6-2-14(3-7-16)15-4-8-17(9-5-15)26(24,25)22-19-11-13(12-23)1-10-18(19)21/h1-11,22-23H,12H2. The van der Waals surface area contributed by atoms with Crippen LogP contribution in [0.25, 0.3) is 11.1 Å². The molecule has 2 radical (unpaired) electrons. The number of hydrogen-bond donors (Lipinski definition) is 2. The minimum absolute atomic E-state index is 0.113. The SMILES string of the molecule is [B]c1ccc(-c2ccc(S(=O)(=O)Nc3cc(CO)ccc3Cl)cc2)cc1. The fourth-order valence-electron chi connectivity index (χ4n) is 2.45. The second-order valence-electron chi connectivity index (χ2n) is 5.72. The second-order valence-corrected chi connectivity index (χ2v) is 7.81. The Balaban J connectivity index is 1.87. The molecule has 3 aromatic carbocycles. The molecular weight excluding hydrogens is 369 g/mol. The van der Waals surface area contributed by atoms with Crippen LogP contribution in [0.1, 0.15) is 5.56 Å². The highest BCUT2D eigenvalue weighted by atomic mass is 35.5. The molecule has 0 aliphatic rings. The van der Waals surface area contributed by atoms with E-state index in [1.54, 1.807) is 30.3 Å². The molecular formula is C19H15BClNO3S. The highest BCUT2D eigenvalue weighted by Gasteiger charge is 2.16. The number of aliphatic hydroxyl groups is 1. The van der Waals surface area contributed by atoms with Crippen molar-refractivity contribution in [3.63, 3.8) is 0 Å². The number of nitrogens with one attached hydrogen (secondary N) is 1. The predicted molar refractivity (Wildman–Crippen MR) is 105 cm³/mol. The monoisotopic (exact) mass is 383 g/mol. The molecule has 130 valence electrons. The van der Waals surface area contributed by atoms with Crippen molar-refractivity contribution in [3.8, 4) is 11.1 Å². The van der Waals surface area contributed by atoms with Crippen LogP contribution >= 0.6 is 11.6 Å². The van der Waals surface area contributed by atoms with Crippen molar-refractivity contribution in [1.82, 2.24) is 0 Å². The lowest BCUT2D eigenvalue weighted by Crippen LogP contribution is -2.13. The zero-order chi connectivity index (χ0) is 18.7. The summed E-state index contributed by atoms with van der Waals surface area (Å²) in [6.07, 6.45) is 0. The summed E-state index contributed by atoms with van der Waals surface area (Å²) in [5.41, 5.74) is 3.27. The topological polar surface area (TPSA) is 66.4 Å². The van der Waals surface area contributed by atoms with Gasteiger partial charge in [0.2, 0.25) is 0 Å². The molecule has 0 fully saturated rings. The Kier molecular flexibility index (Phi) is 5.37. The average molecular weight is 384 g/mol. The first-order valence-electron chi connectivity index (χ1n) is 7.77. The van der Waals surface area contributed by atoms with Gasteiger partial charge >= 0.3 is 0 Å². The second kappa shape index (κ2) is 7.54. The first-order chi connectivity index (χ1) is 12.4. The van der Waals surface area contributed by atoms with Gasteiger partial charge in [-0.3, -0.25) is 4.72 Å². The maximum atomic E-state index is 12.6. The van der Waals surface area contributed by atoms with Crippen molar-refractivity contribution in [2.45, 2.75) is 11.5 Å². The first-order valence-corrected chi connectivity index (χ1v) is 9.63. The molecule has 0 spiro atoms. The molecule has 7 heteroatoms. The largest absolute Gasteiger partial charge is 0.392 e. The molecule has 2 N–H and O–H groups in total. The normalized spacial score (nSPS) is 11.3. The molecule has 0 heterocycles. The maximum Gasteiger partial charge on any atom is 0.261 e. The van der Waals surface area contributed by atoms with Crippen LogP contribution in [0.15, 0.2) is 71.6 Å². The Hall–Kier alpha value is -2.28. The van der Waals surface area contributed by atoms with Crippen LogP contribution < -0.4 is 10.2 Å². The molecule has 26 heavy (non-hydrogen) atoms. The van der Waals surface area contributed by atoms with Crippen molar-refractivity contribution < 1.29 is 13.5 Å². The van der Waals surface area contributed by atoms with E-state index < -0.39 is 10.0 Å². The Morgan fingerprint density at radius 3 is 2.08 bits per heavy atom. The van der Waals surface area contributed by atoms with Crippen molar-refractivity contribution in [2.24, 2.45) is 0 Å². The molecule has 0 aliphatic heterocycles. The molecule has 0 aliphatic carbocycles. The van der Waals surface area contributed by atoms with Gasteiger partial charge in [0.05, 0.1) is 22.2 Å². The van der Waals surface area contributed by atoms with Gasteiger partial charge < -0.3 is 5.11 Å². The summed E-state index contributed by atoms with van der Waals surface area (Å²) < 4.78 is 27.7. The Labute approximate surface area is 158 Å². The highest BCUT2D eigenvalue weighted by molar-refractivity contribution is 7.92. The number of aliphatic hydroxyl groups excluding tert-OH is 1. The average Bonchev–Trinajstić information content (AvgIpc) is 2.64. The third-order valence-electron chi connectivity index (χ3n) is 3.87. The van der Waals surface area contributed by atoms with Crippen LogP contribution in [0, 0.1) is 0 Å². The van der Waals surface area contributed by atoms with Gasteiger partial charge in [0, 0.05) is 0 Å².